The number of benzene rings is 1. The minimum absolute atomic E-state index is 0.0421. The molecule has 2 rings (SSSR count). The van der Waals surface area contributed by atoms with Crippen LogP contribution in [0.4, 0.5) is 0 Å². The molecule has 0 saturated heterocycles. The van der Waals surface area contributed by atoms with E-state index in [1.165, 1.54) is 10.5 Å². The molecule has 0 spiro atoms. The van der Waals surface area contributed by atoms with Crippen molar-refractivity contribution in [3.8, 4) is 0 Å². The van der Waals surface area contributed by atoms with Crippen LogP contribution in [0.3, 0.4) is 0 Å². The van der Waals surface area contributed by atoms with Crippen molar-refractivity contribution in [1.29, 1.82) is 0 Å². The lowest BCUT2D eigenvalue weighted by Crippen LogP contribution is -2.34. The summed E-state index contributed by atoms with van der Waals surface area (Å²) in [4.78, 5) is 12.4. The first-order valence-corrected chi connectivity index (χ1v) is 6.33. The molecule has 1 unspecified atom stereocenters. The Morgan fingerprint density at radius 3 is 3.06 bits per heavy atom. The summed E-state index contributed by atoms with van der Waals surface area (Å²) in [6.07, 6.45) is 1.10. The second-order valence-electron chi connectivity index (χ2n) is 3.86. The minimum atomic E-state index is 0.0421. The van der Waals surface area contributed by atoms with Crippen LogP contribution in [0.1, 0.15) is 5.56 Å². The van der Waals surface area contributed by atoms with Crippen LogP contribution in [0.5, 0.6) is 0 Å². The van der Waals surface area contributed by atoms with Crippen LogP contribution in [0.25, 0.3) is 0 Å². The van der Waals surface area contributed by atoms with Gasteiger partial charge in [-0.05, 0) is 18.1 Å². The predicted molar refractivity (Wildman–Crippen MR) is 66.7 cm³/mol. The molecule has 2 N–H and O–H groups in total. The highest BCUT2D eigenvalue weighted by atomic mass is 32.2. The lowest BCUT2D eigenvalue weighted by Gasteiger charge is -2.09. The van der Waals surface area contributed by atoms with E-state index < -0.39 is 0 Å². The fourth-order valence-corrected chi connectivity index (χ4v) is 3.09. The summed E-state index contributed by atoms with van der Waals surface area (Å²) in [5.74, 6) is 0.0421. The zero-order valence-electron chi connectivity index (χ0n) is 9.32. The summed E-state index contributed by atoms with van der Waals surface area (Å²) >= 11 is 1.90. The van der Waals surface area contributed by atoms with Crippen molar-refractivity contribution in [3.63, 3.8) is 0 Å². The molecule has 1 atom stereocenters. The molecule has 3 nitrogen and oxygen atoms in total. The van der Waals surface area contributed by atoms with Crippen molar-refractivity contribution in [1.82, 2.24) is 10.6 Å². The monoisotopic (exact) mass is 236 g/mol. The number of carbonyl (C=O) groups excluding carboxylic acids is 1. The van der Waals surface area contributed by atoms with Crippen molar-refractivity contribution in [2.75, 3.05) is 20.1 Å². The predicted octanol–water partition coefficient (Wildman–Crippen LogP) is 1.04. The van der Waals surface area contributed by atoms with Gasteiger partial charge in [0.2, 0.25) is 5.91 Å². The molecule has 0 aliphatic carbocycles. The van der Waals surface area contributed by atoms with Gasteiger partial charge in [-0.2, -0.15) is 0 Å². The van der Waals surface area contributed by atoms with E-state index in [1.54, 1.807) is 7.05 Å². The van der Waals surface area contributed by atoms with Gasteiger partial charge in [0.05, 0.1) is 6.54 Å². The van der Waals surface area contributed by atoms with Gasteiger partial charge < -0.3 is 10.6 Å². The Labute approximate surface area is 100.0 Å². The van der Waals surface area contributed by atoms with Gasteiger partial charge in [0, 0.05) is 23.7 Å². The summed E-state index contributed by atoms with van der Waals surface area (Å²) in [5, 5.41) is 6.34. The number of thioether (sulfide) groups is 1. The number of rotatable bonds is 4. The van der Waals surface area contributed by atoms with Crippen LogP contribution in [-0.4, -0.2) is 31.3 Å². The normalized spacial score (nSPS) is 18.2. The Morgan fingerprint density at radius 1 is 1.50 bits per heavy atom. The number of amides is 1. The first-order valence-electron chi connectivity index (χ1n) is 5.45. The number of carbonyl (C=O) groups is 1. The summed E-state index contributed by atoms with van der Waals surface area (Å²) < 4.78 is 0. The molecule has 86 valence electrons. The smallest absolute Gasteiger partial charge is 0.233 e. The number of likely N-dealkylation sites (N-methyl/N-ethyl adjacent to an activating group) is 1. The van der Waals surface area contributed by atoms with E-state index in [9.17, 15) is 4.79 Å². The fourth-order valence-electron chi connectivity index (χ4n) is 1.80. The molecule has 0 radical (unpaired) electrons. The second-order valence-corrected chi connectivity index (χ2v) is 5.20. The quantitative estimate of drug-likeness (QED) is 0.820. The summed E-state index contributed by atoms with van der Waals surface area (Å²) in [6.45, 7) is 1.29. The molecule has 0 saturated carbocycles. The molecule has 0 aromatic heterocycles. The standard InChI is InChI=1S/C12H16N2OS/c1-13-12(15)8-14-7-10-6-9-4-2-3-5-11(9)16-10/h2-5,10,14H,6-8H2,1H3,(H,13,15). The third-order valence-corrected chi connectivity index (χ3v) is 3.97. The van der Waals surface area contributed by atoms with Gasteiger partial charge >= 0.3 is 0 Å². The zero-order valence-corrected chi connectivity index (χ0v) is 10.1. The van der Waals surface area contributed by atoms with Crippen LogP contribution in [0, 0.1) is 0 Å². The third-order valence-electron chi connectivity index (χ3n) is 2.65. The van der Waals surface area contributed by atoms with E-state index in [0.717, 1.165) is 13.0 Å². The fraction of sp³-hybridized carbons (Fsp3) is 0.417. The van der Waals surface area contributed by atoms with Crippen molar-refractivity contribution < 1.29 is 4.79 Å². The van der Waals surface area contributed by atoms with Crippen molar-refractivity contribution in [3.05, 3.63) is 29.8 Å². The Hall–Kier alpha value is -1.00. The van der Waals surface area contributed by atoms with Gasteiger partial charge in [-0.25, -0.2) is 0 Å². The van der Waals surface area contributed by atoms with Crippen LogP contribution >= 0.6 is 11.8 Å². The molecule has 1 heterocycles. The molecule has 1 amide bonds. The molecule has 1 aromatic carbocycles. The second kappa shape index (κ2) is 5.37. The highest BCUT2D eigenvalue weighted by Crippen LogP contribution is 2.36. The molecular weight excluding hydrogens is 220 g/mol. The van der Waals surface area contributed by atoms with Crippen molar-refractivity contribution in [2.45, 2.75) is 16.6 Å². The zero-order chi connectivity index (χ0) is 11.4. The summed E-state index contributed by atoms with van der Waals surface area (Å²) in [7, 11) is 1.66. The number of hydrogen-bond donors (Lipinski definition) is 2. The number of fused-ring (bicyclic) bond motifs is 1. The minimum Gasteiger partial charge on any atom is -0.358 e. The maximum absolute atomic E-state index is 11.0. The van der Waals surface area contributed by atoms with Crippen LogP contribution in [0.2, 0.25) is 0 Å². The van der Waals surface area contributed by atoms with Gasteiger partial charge in [0.25, 0.3) is 0 Å². The SMILES string of the molecule is CNC(=O)CNCC1Cc2ccccc2S1. The topological polar surface area (TPSA) is 41.1 Å². The van der Waals surface area contributed by atoms with Gasteiger partial charge in [0.15, 0.2) is 0 Å². The Balaban J connectivity index is 1.77. The molecule has 1 aliphatic rings. The van der Waals surface area contributed by atoms with Crippen LogP contribution in [0.15, 0.2) is 29.2 Å². The third kappa shape index (κ3) is 2.77. The molecular formula is C12H16N2OS. The van der Waals surface area contributed by atoms with E-state index >= 15 is 0 Å². The number of nitrogens with one attached hydrogen (secondary N) is 2. The van der Waals surface area contributed by atoms with Crippen molar-refractivity contribution >= 4 is 17.7 Å². The maximum Gasteiger partial charge on any atom is 0.233 e. The summed E-state index contributed by atoms with van der Waals surface area (Å²) in [6, 6.07) is 8.51. The van der Waals surface area contributed by atoms with Crippen LogP contribution < -0.4 is 10.6 Å². The highest BCUT2D eigenvalue weighted by molar-refractivity contribution is 8.00. The summed E-state index contributed by atoms with van der Waals surface area (Å²) in [5.41, 5.74) is 1.43. The van der Waals surface area contributed by atoms with E-state index in [-0.39, 0.29) is 5.91 Å². The average molecular weight is 236 g/mol. The van der Waals surface area contributed by atoms with Gasteiger partial charge in [-0.3, -0.25) is 4.79 Å². The van der Waals surface area contributed by atoms with E-state index in [2.05, 4.69) is 34.9 Å². The average Bonchev–Trinajstić information content (AvgIpc) is 2.71. The van der Waals surface area contributed by atoms with Crippen LogP contribution in [-0.2, 0) is 11.2 Å². The molecule has 0 bridgehead atoms. The molecule has 16 heavy (non-hydrogen) atoms. The van der Waals surface area contributed by atoms with Gasteiger partial charge in [0.1, 0.15) is 0 Å². The Bertz CT molecular complexity index is 356. The molecule has 1 aliphatic heterocycles. The molecule has 0 fully saturated rings. The van der Waals surface area contributed by atoms with Crippen molar-refractivity contribution in [2.24, 2.45) is 0 Å². The number of hydrogen-bond acceptors (Lipinski definition) is 3. The first kappa shape index (κ1) is 11.5. The molecule has 1 aromatic rings. The Morgan fingerprint density at radius 2 is 2.31 bits per heavy atom. The highest BCUT2D eigenvalue weighted by Gasteiger charge is 2.21. The van der Waals surface area contributed by atoms with E-state index in [0.29, 0.717) is 11.8 Å². The van der Waals surface area contributed by atoms with E-state index in [1.807, 2.05) is 11.8 Å². The van der Waals surface area contributed by atoms with Gasteiger partial charge in [-0.1, -0.05) is 18.2 Å². The first-order chi connectivity index (χ1) is 7.79. The van der Waals surface area contributed by atoms with E-state index in [4.69, 9.17) is 0 Å². The lowest BCUT2D eigenvalue weighted by atomic mass is 10.1. The van der Waals surface area contributed by atoms with Gasteiger partial charge in [-0.15, -0.1) is 11.8 Å². The molecule has 4 heteroatoms. The lowest BCUT2D eigenvalue weighted by molar-refractivity contribution is -0.119. The largest absolute Gasteiger partial charge is 0.358 e. The maximum atomic E-state index is 11.0. The Kier molecular flexibility index (Phi) is 3.85.